The first-order valence-corrected chi connectivity index (χ1v) is 6.01. The molecule has 1 heterocycles. The van der Waals surface area contributed by atoms with Gasteiger partial charge in [0.25, 0.3) is 5.91 Å². The Morgan fingerprint density at radius 2 is 2.28 bits per heavy atom. The number of benzene rings is 1. The van der Waals surface area contributed by atoms with Crippen molar-refractivity contribution in [2.45, 2.75) is 6.54 Å². The summed E-state index contributed by atoms with van der Waals surface area (Å²) in [7, 11) is 1.70. The van der Waals surface area contributed by atoms with Crippen LogP contribution in [-0.2, 0) is 6.54 Å². The Morgan fingerprint density at radius 1 is 1.50 bits per heavy atom. The number of halogens is 1. The summed E-state index contributed by atoms with van der Waals surface area (Å²) in [4.78, 5) is 17.7. The molecule has 2 rings (SSSR count). The Balaban J connectivity index is 2.15. The van der Waals surface area contributed by atoms with Gasteiger partial charge in [-0.25, -0.2) is 4.98 Å². The Labute approximate surface area is 112 Å². The van der Waals surface area contributed by atoms with Gasteiger partial charge in [-0.15, -0.1) is 0 Å². The summed E-state index contributed by atoms with van der Waals surface area (Å²) in [5.41, 5.74) is 6.78. The Hall–Kier alpha value is -1.89. The van der Waals surface area contributed by atoms with Crippen molar-refractivity contribution in [2.75, 3.05) is 12.8 Å². The molecular weight excluding hydrogens is 298 g/mol. The number of hydrogen-bond acceptors (Lipinski definition) is 4. The summed E-state index contributed by atoms with van der Waals surface area (Å²) in [5, 5.41) is 6.44. The normalized spacial score (nSPS) is 10.3. The van der Waals surface area contributed by atoms with Crippen LogP contribution >= 0.6 is 15.9 Å². The summed E-state index contributed by atoms with van der Waals surface area (Å²) in [5.74, 6) is 0.508. The fourth-order valence-corrected chi connectivity index (χ4v) is 2.07. The first-order chi connectivity index (χ1) is 8.56. The lowest BCUT2D eigenvalue weighted by Crippen LogP contribution is -2.26. The van der Waals surface area contributed by atoms with E-state index in [-0.39, 0.29) is 5.91 Å². The molecule has 3 N–H and O–H groups in total. The number of nitrogens with zero attached hydrogens (tertiary/aromatic N) is 3. The van der Waals surface area contributed by atoms with Crippen molar-refractivity contribution in [1.29, 1.82) is 0 Å². The molecule has 0 unspecified atom stereocenters. The van der Waals surface area contributed by atoms with Gasteiger partial charge in [-0.3, -0.25) is 9.89 Å². The molecule has 0 saturated heterocycles. The van der Waals surface area contributed by atoms with Crippen molar-refractivity contribution in [2.24, 2.45) is 0 Å². The molecule has 0 aliphatic carbocycles. The molecule has 2 aromatic rings. The number of nitrogens with two attached hydrogens (primary N) is 1. The van der Waals surface area contributed by atoms with E-state index < -0.39 is 0 Å². The molecule has 0 atom stereocenters. The number of hydrogen-bond donors (Lipinski definition) is 2. The third-order valence-electron chi connectivity index (χ3n) is 2.37. The van der Waals surface area contributed by atoms with Crippen molar-refractivity contribution < 1.29 is 4.79 Å². The second kappa shape index (κ2) is 5.18. The highest BCUT2D eigenvalue weighted by molar-refractivity contribution is 9.10. The third kappa shape index (κ3) is 2.86. The molecule has 0 saturated carbocycles. The van der Waals surface area contributed by atoms with E-state index in [0.717, 1.165) is 4.47 Å². The first-order valence-electron chi connectivity index (χ1n) is 5.22. The minimum absolute atomic E-state index is 0.126. The van der Waals surface area contributed by atoms with Crippen molar-refractivity contribution in [3.05, 3.63) is 40.4 Å². The second-order valence-electron chi connectivity index (χ2n) is 3.87. The van der Waals surface area contributed by atoms with Gasteiger partial charge in [0.05, 0.1) is 6.54 Å². The smallest absolute Gasteiger partial charge is 0.254 e. The molecule has 18 heavy (non-hydrogen) atoms. The predicted octanol–water partition coefficient (Wildman–Crippen LogP) is 1.42. The van der Waals surface area contributed by atoms with Gasteiger partial charge in [-0.05, 0) is 18.2 Å². The van der Waals surface area contributed by atoms with Crippen LogP contribution in [0.2, 0.25) is 0 Å². The minimum atomic E-state index is -0.126. The number of nitrogen functional groups attached to an aromatic ring is 1. The molecule has 0 aliphatic rings. The number of anilines is 1. The van der Waals surface area contributed by atoms with Gasteiger partial charge >= 0.3 is 0 Å². The standard InChI is InChI=1S/C11H12BrN5O/c1-17(5-10-14-6-15-16-10)11(18)7-2-8(12)4-9(13)3-7/h2-4,6H,5,13H2,1H3,(H,14,15,16). The monoisotopic (exact) mass is 309 g/mol. The largest absolute Gasteiger partial charge is 0.399 e. The number of amides is 1. The topological polar surface area (TPSA) is 87.9 Å². The van der Waals surface area contributed by atoms with Gasteiger partial charge in [0, 0.05) is 22.8 Å². The maximum absolute atomic E-state index is 12.2. The maximum Gasteiger partial charge on any atom is 0.254 e. The summed E-state index contributed by atoms with van der Waals surface area (Å²) in [6.45, 7) is 0.366. The summed E-state index contributed by atoms with van der Waals surface area (Å²) >= 11 is 3.31. The quantitative estimate of drug-likeness (QED) is 0.839. The minimum Gasteiger partial charge on any atom is -0.399 e. The van der Waals surface area contributed by atoms with Gasteiger partial charge in [0.2, 0.25) is 0 Å². The van der Waals surface area contributed by atoms with Crippen LogP contribution in [0, 0.1) is 0 Å². The maximum atomic E-state index is 12.2. The van der Waals surface area contributed by atoms with Gasteiger partial charge in [0.1, 0.15) is 12.2 Å². The molecule has 0 radical (unpaired) electrons. The SMILES string of the molecule is CN(Cc1ncn[nH]1)C(=O)c1cc(N)cc(Br)c1. The fraction of sp³-hybridized carbons (Fsp3) is 0.182. The fourth-order valence-electron chi connectivity index (χ4n) is 1.56. The van der Waals surface area contributed by atoms with Gasteiger partial charge < -0.3 is 10.6 Å². The van der Waals surface area contributed by atoms with Crippen LogP contribution in [0.15, 0.2) is 29.0 Å². The number of aromatic nitrogens is 3. The molecule has 6 nitrogen and oxygen atoms in total. The lowest BCUT2D eigenvalue weighted by Gasteiger charge is -2.16. The highest BCUT2D eigenvalue weighted by Gasteiger charge is 2.14. The zero-order valence-corrected chi connectivity index (χ0v) is 11.3. The van der Waals surface area contributed by atoms with Gasteiger partial charge in [-0.2, -0.15) is 5.10 Å². The average Bonchev–Trinajstić information content (AvgIpc) is 2.79. The Kier molecular flexibility index (Phi) is 3.61. The Morgan fingerprint density at radius 3 is 2.89 bits per heavy atom. The zero-order valence-electron chi connectivity index (χ0n) is 9.72. The van der Waals surface area contributed by atoms with Crippen molar-refractivity contribution in [1.82, 2.24) is 20.1 Å². The van der Waals surface area contributed by atoms with Gasteiger partial charge in [0.15, 0.2) is 0 Å². The van der Waals surface area contributed by atoms with Gasteiger partial charge in [-0.1, -0.05) is 15.9 Å². The number of carbonyl (C=O) groups excluding carboxylic acids is 1. The van der Waals surface area contributed by atoms with Crippen molar-refractivity contribution >= 4 is 27.5 Å². The van der Waals surface area contributed by atoms with E-state index in [9.17, 15) is 4.79 Å². The van der Waals surface area contributed by atoms with E-state index >= 15 is 0 Å². The highest BCUT2D eigenvalue weighted by atomic mass is 79.9. The third-order valence-corrected chi connectivity index (χ3v) is 2.82. The van der Waals surface area contributed by atoms with Crippen LogP contribution in [0.4, 0.5) is 5.69 Å². The van der Waals surface area contributed by atoms with Crippen LogP contribution in [0.3, 0.4) is 0 Å². The van der Waals surface area contributed by atoms with Crippen molar-refractivity contribution in [3.8, 4) is 0 Å². The van der Waals surface area contributed by atoms with Crippen LogP contribution in [0.5, 0.6) is 0 Å². The Bertz CT molecular complexity index is 534. The number of H-pyrrole nitrogens is 1. The van der Waals surface area contributed by atoms with E-state index in [1.807, 2.05) is 0 Å². The van der Waals surface area contributed by atoms with E-state index in [2.05, 4.69) is 31.1 Å². The molecule has 94 valence electrons. The van der Waals surface area contributed by atoms with E-state index in [0.29, 0.717) is 23.6 Å². The van der Waals surface area contributed by atoms with Crippen LogP contribution in [0.1, 0.15) is 16.2 Å². The number of aromatic amines is 1. The molecule has 0 fully saturated rings. The van der Waals surface area contributed by atoms with Crippen LogP contribution in [0.25, 0.3) is 0 Å². The van der Waals surface area contributed by atoms with E-state index in [1.54, 1.807) is 30.1 Å². The lowest BCUT2D eigenvalue weighted by molar-refractivity contribution is 0.0781. The van der Waals surface area contributed by atoms with Crippen LogP contribution < -0.4 is 5.73 Å². The number of carbonyl (C=O) groups is 1. The second-order valence-corrected chi connectivity index (χ2v) is 4.78. The van der Waals surface area contributed by atoms with E-state index in [1.165, 1.54) is 6.33 Å². The zero-order chi connectivity index (χ0) is 13.1. The number of rotatable bonds is 3. The van der Waals surface area contributed by atoms with E-state index in [4.69, 9.17) is 5.73 Å². The molecule has 7 heteroatoms. The summed E-state index contributed by atoms with van der Waals surface area (Å²) < 4.78 is 0.777. The first kappa shape index (κ1) is 12.6. The molecule has 1 aromatic carbocycles. The lowest BCUT2D eigenvalue weighted by atomic mass is 10.2. The summed E-state index contributed by atoms with van der Waals surface area (Å²) in [6, 6.07) is 5.12. The summed E-state index contributed by atoms with van der Waals surface area (Å²) in [6.07, 6.45) is 1.41. The molecular formula is C11H12BrN5O. The highest BCUT2D eigenvalue weighted by Crippen LogP contribution is 2.18. The van der Waals surface area contributed by atoms with Crippen molar-refractivity contribution in [3.63, 3.8) is 0 Å². The predicted molar refractivity (Wildman–Crippen MR) is 70.7 cm³/mol. The average molecular weight is 310 g/mol. The molecule has 1 amide bonds. The molecule has 0 aliphatic heterocycles. The molecule has 0 bridgehead atoms. The molecule has 1 aromatic heterocycles. The number of nitrogens with one attached hydrogen (secondary N) is 1. The van der Waals surface area contributed by atoms with Crippen LogP contribution in [-0.4, -0.2) is 33.0 Å². The molecule has 0 spiro atoms.